The molecule has 1 fully saturated rings. The number of rotatable bonds is 3. The highest BCUT2D eigenvalue weighted by Crippen LogP contribution is 2.30. The molecule has 1 aliphatic rings. The van der Waals surface area contributed by atoms with Gasteiger partial charge in [0.1, 0.15) is 0 Å². The summed E-state index contributed by atoms with van der Waals surface area (Å²) in [6, 6.07) is 9.13. The highest BCUT2D eigenvalue weighted by atomic mass is 16.6. The summed E-state index contributed by atoms with van der Waals surface area (Å²) >= 11 is 0. The minimum absolute atomic E-state index is 0.182. The van der Waals surface area contributed by atoms with E-state index in [9.17, 15) is 14.4 Å². The van der Waals surface area contributed by atoms with Gasteiger partial charge in [-0.1, -0.05) is 30.3 Å². The van der Waals surface area contributed by atoms with Crippen LogP contribution < -0.4 is 5.73 Å². The molecule has 5 heteroatoms. The Bertz CT molecular complexity index is 511. The standard InChI is InChI=1S/C14H15NO4/c15-13(18)19-14(8-4-7-11(16)12(14)17)9-10-5-2-1-3-6-10/h1-3,5-6H,4,7-9H2,(H2,15,18). The third-order valence-corrected chi connectivity index (χ3v) is 3.28. The fourth-order valence-electron chi connectivity index (χ4n) is 2.44. The molecule has 0 aliphatic heterocycles. The molecule has 0 bridgehead atoms. The molecule has 2 rings (SSSR count). The van der Waals surface area contributed by atoms with Crippen molar-refractivity contribution >= 4 is 17.7 Å². The zero-order valence-electron chi connectivity index (χ0n) is 10.4. The number of hydrogen-bond donors (Lipinski definition) is 1. The van der Waals surface area contributed by atoms with Gasteiger partial charge in [0, 0.05) is 12.8 Å². The van der Waals surface area contributed by atoms with Crippen LogP contribution in [0, 0.1) is 0 Å². The van der Waals surface area contributed by atoms with Gasteiger partial charge in [-0.2, -0.15) is 0 Å². The number of carbonyl (C=O) groups is 3. The zero-order valence-corrected chi connectivity index (χ0v) is 10.4. The highest BCUT2D eigenvalue weighted by Gasteiger charge is 2.47. The van der Waals surface area contributed by atoms with Crippen LogP contribution in [0.1, 0.15) is 24.8 Å². The van der Waals surface area contributed by atoms with Gasteiger partial charge in [0.25, 0.3) is 0 Å². The van der Waals surface area contributed by atoms with E-state index >= 15 is 0 Å². The summed E-state index contributed by atoms with van der Waals surface area (Å²) < 4.78 is 5.03. The van der Waals surface area contributed by atoms with E-state index in [2.05, 4.69) is 0 Å². The summed E-state index contributed by atoms with van der Waals surface area (Å²) in [5.74, 6) is -1.15. The van der Waals surface area contributed by atoms with Gasteiger partial charge in [0.05, 0.1) is 0 Å². The van der Waals surface area contributed by atoms with Crippen molar-refractivity contribution < 1.29 is 19.1 Å². The number of Topliss-reactive ketones (excluding diaryl/α,β-unsaturated/α-hetero) is 2. The first-order chi connectivity index (χ1) is 9.03. The lowest BCUT2D eigenvalue weighted by Gasteiger charge is -2.33. The summed E-state index contributed by atoms with van der Waals surface area (Å²) in [5, 5.41) is 0. The molecule has 0 heterocycles. The predicted octanol–water partition coefficient (Wildman–Crippen LogP) is 1.39. The Morgan fingerprint density at radius 1 is 1.26 bits per heavy atom. The second-order valence-corrected chi connectivity index (χ2v) is 4.68. The number of ketones is 2. The molecule has 1 aromatic carbocycles. The Morgan fingerprint density at radius 2 is 1.95 bits per heavy atom. The fraction of sp³-hybridized carbons (Fsp3) is 0.357. The monoisotopic (exact) mass is 261 g/mol. The SMILES string of the molecule is NC(=O)OC1(Cc2ccccc2)CCCC(=O)C1=O. The molecule has 19 heavy (non-hydrogen) atoms. The maximum absolute atomic E-state index is 12.1. The Balaban J connectivity index is 2.31. The first-order valence-electron chi connectivity index (χ1n) is 6.13. The summed E-state index contributed by atoms with van der Waals surface area (Å²) in [5.41, 5.74) is 4.44. The number of benzene rings is 1. The molecular formula is C14H15NO4. The third-order valence-electron chi connectivity index (χ3n) is 3.28. The first-order valence-corrected chi connectivity index (χ1v) is 6.13. The van der Waals surface area contributed by atoms with Crippen molar-refractivity contribution in [1.29, 1.82) is 0 Å². The van der Waals surface area contributed by atoms with Gasteiger partial charge in [-0.15, -0.1) is 0 Å². The summed E-state index contributed by atoms with van der Waals surface area (Å²) in [7, 11) is 0. The number of carbonyl (C=O) groups excluding carboxylic acids is 3. The molecule has 1 aliphatic carbocycles. The minimum Gasteiger partial charge on any atom is -0.434 e. The molecule has 0 aromatic heterocycles. The van der Waals surface area contributed by atoms with Crippen molar-refractivity contribution in [3.8, 4) is 0 Å². The second kappa shape index (κ2) is 5.22. The Kier molecular flexibility index (Phi) is 3.64. The summed E-state index contributed by atoms with van der Waals surface area (Å²) in [4.78, 5) is 34.8. The maximum atomic E-state index is 12.1. The van der Waals surface area contributed by atoms with Gasteiger partial charge < -0.3 is 10.5 Å². The molecular weight excluding hydrogens is 246 g/mol. The van der Waals surface area contributed by atoms with Crippen LogP contribution in [0.25, 0.3) is 0 Å². The molecule has 0 radical (unpaired) electrons. The largest absolute Gasteiger partial charge is 0.434 e. The summed E-state index contributed by atoms with van der Waals surface area (Å²) in [6.07, 6.45) is 0.206. The average molecular weight is 261 g/mol. The average Bonchev–Trinajstić information content (AvgIpc) is 2.36. The fourth-order valence-corrected chi connectivity index (χ4v) is 2.44. The van der Waals surface area contributed by atoms with Crippen molar-refractivity contribution in [2.24, 2.45) is 5.73 Å². The van der Waals surface area contributed by atoms with E-state index in [4.69, 9.17) is 10.5 Å². The van der Waals surface area contributed by atoms with Gasteiger partial charge >= 0.3 is 6.09 Å². The molecule has 1 unspecified atom stereocenters. The van der Waals surface area contributed by atoms with Crippen molar-refractivity contribution in [2.45, 2.75) is 31.3 Å². The van der Waals surface area contributed by atoms with Crippen LogP contribution in [-0.2, 0) is 20.7 Å². The van der Waals surface area contributed by atoms with Crippen molar-refractivity contribution in [3.05, 3.63) is 35.9 Å². The lowest BCUT2D eigenvalue weighted by atomic mass is 9.78. The molecule has 2 N–H and O–H groups in total. The predicted molar refractivity (Wildman–Crippen MR) is 67.4 cm³/mol. The van der Waals surface area contributed by atoms with Crippen LogP contribution in [0.15, 0.2) is 30.3 Å². The summed E-state index contributed by atoms with van der Waals surface area (Å²) in [6.45, 7) is 0. The molecule has 1 aromatic rings. The van der Waals surface area contributed by atoms with E-state index in [0.29, 0.717) is 12.8 Å². The second-order valence-electron chi connectivity index (χ2n) is 4.68. The van der Waals surface area contributed by atoms with Crippen LogP contribution in [-0.4, -0.2) is 23.3 Å². The first kappa shape index (κ1) is 13.3. The van der Waals surface area contributed by atoms with Crippen LogP contribution in [0.4, 0.5) is 4.79 Å². The third kappa shape index (κ3) is 2.81. The molecule has 1 saturated carbocycles. The maximum Gasteiger partial charge on any atom is 0.405 e. The van der Waals surface area contributed by atoms with E-state index in [1.54, 1.807) is 0 Å². The van der Waals surface area contributed by atoms with Gasteiger partial charge in [0.15, 0.2) is 5.60 Å². The van der Waals surface area contributed by atoms with Gasteiger partial charge in [-0.05, 0) is 18.4 Å². The van der Waals surface area contributed by atoms with E-state index in [1.165, 1.54) is 0 Å². The van der Waals surface area contributed by atoms with Crippen LogP contribution in [0.5, 0.6) is 0 Å². The van der Waals surface area contributed by atoms with Crippen LogP contribution in [0.3, 0.4) is 0 Å². The molecule has 1 amide bonds. The Morgan fingerprint density at radius 3 is 2.58 bits per heavy atom. The van der Waals surface area contributed by atoms with E-state index in [-0.39, 0.29) is 12.8 Å². The van der Waals surface area contributed by atoms with E-state index in [0.717, 1.165) is 5.56 Å². The molecule has 100 valence electrons. The Labute approximate surface area is 110 Å². The van der Waals surface area contributed by atoms with Gasteiger partial charge in [0.2, 0.25) is 11.6 Å². The number of primary amides is 1. The highest BCUT2D eigenvalue weighted by molar-refractivity contribution is 6.41. The molecule has 5 nitrogen and oxygen atoms in total. The van der Waals surface area contributed by atoms with Crippen LogP contribution in [0.2, 0.25) is 0 Å². The topological polar surface area (TPSA) is 86.5 Å². The van der Waals surface area contributed by atoms with Crippen molar-refractivity contribution in [1.82, 2.24) is 0 Å². The van der Waals surface area contributed by atoms with E-state index < -0.39 is 23.3 Å². The zero-order chi connectivity index (χ0) is 13.9. The van der Waals surface area contributed by atoms with Gasteiger partial charge in [-0.3, -0.25) is 9.59 Å². The Hall–Kier alpha value is -2.17. The number of ether oxygens (including phenoxy) is 1. The van der Waals surface area contributed by atoms with E-state index in [1.807, 2.05) is 30.3 Å². The van der Waals surface area contributed by atoms with Gasteiger partial charge in [-0.25, -0.2) is 4.79 Å². The quantitative estimate of drug-likeness (QED) is 0.833. The molecule has 0 saturated heterocycles. The number of hydrogen-bond acceptors (Lipinski definition) is 4. The minimum atomic E-state index is -1.43. The van der Waals surface area contributed by atoms with Crippen molar-refractivity contribution in [3.63, 3.8) is 0 Å². The molecule has 0 spiro atoms. The molecule has 1 atom stereocenters. The lowest BCUT2D eigenvalue weighted by Crippen LogP contribution is -2.52. The normalized spacial score (nSPS) is 23.2. The lowest BCUT2D eigenvalue weighted by molar-refractivity contribution is -0.152. The number of nitrogens with two attached hydrogens (primary N) is 1. The van der Waals surface area contributed by atoms with Crippen molar-refractivity contribution in [2.75, 3.05) is 0 Å². The van der Waals surface area contributed by atoms with Crippen LogP contribution >= 0.6 is 0 Å². The smallest absolute Gasteiger partial charge is 0.405 e. The number of amides is 1.